The quantitative estimate of drug-likeness (QED) is 0.252. The Balaban J connectivity index is 1.47. The van der Waals surface area contributed by atoms with Crippen LogP contribution in [0.2, 0.25) is 0 Å². The summed E-state index contributed by atoms with van der Waals surface area (Å²) >= 11 is 0. The molecule has 0 aliphatic rings. The zero-order chi connectivity index (χ0) is 20.9. The number of ketones is 1. The summed E-state index contributed by atoms with van der Waals surface area (Å²) in [6, 6.07) is 22.7. The fourth-order valence-corrected chi connectivity index (χ4v) is 2.87. The minimum Gasteiger partial charge on any atom is -0.423 e. The maximum atomic E-state index is 12.1. The zero-order valence-corrected chi connectivity index (χ0v) is 16.2. The molecule has 0 atom stereocenters. The van der Waals surface area contributed by atoms with Crippen LogP contribution in [0.1, 0.15) is 34.1 Å². The van der Waals surface area contributed by atoms with E-state index in [1.807, 2.05) is 13.0 Å². The highest BCUT2D eigenvalue weighted by Gasteiger charge is 2.13. The van der Waals surface area contributed by atoms with E-state index in [0.29, 0.717) is 35.0 Å². The van der Waals surface area contributed by atoms with Gasteiger partial charge in [0.1, 0.15) is 5.75 Å². The number of hydrogen-bond acceptors (Lipinski definition) is 6. The fraction of sp³-hybridized carbons (Fsp3) is 0.0833. The monoisotopic (exact) mass is 398 g/mol. The summed E-state index contributed by atoms with van der Waals surface area (Å²) in [6.07, 6.45) is 0.459. The highest BCUT2D eigenvalue weighted by Crippen LogP contribution is 2.24. The van der Waals surface area contributed by atoms with Gasteiger partial charge in [0.15, 0.2) is 5.78 Å². The van der Waals surface area contributed by atoms with Gasteiger partial charge in [0.05, 0.1) is 5.56 Å². The summed E-state index contributed by atoms with van der Waals surface area (Å²) in [5.74, 6) is 0.864. The molecule has 0 amide bonds. The van der Waals surface area contributed by atoms with Gasteiger partial charge in [-0.2, -0.15) is 4.98 Å². The first-order valence-electron chi connectivity index (χ1n) is 9.49. The molecule has 6 nitrogen and oxygen atoms in total. The first-order valence-corrected chi connectivity index (χ1v) is 9.49. The second kappa shape index (κ2) is 8.53. The Morgan fingerprint density at radius 1 is 0.833 bits per heavy atom. The number of aromatic nitrogens is 2. The summed E-state index contributed by atoms with van der Waals surface area (Å²) < 4.78 is 10.7. The number of carbonyl (C=O) groups is 2. The summed E-state index contributed by atoms with van der Waals surface area (Å²) in [6.45, 7) is 1.83. The summed E-state index contributed by atoms with van der Waals surface area (Å²) in [7, 11) is 0. The molecule has 0 aliphatic heterocycles. The smallest absolute Gasteiger partial charge is 0.343 e. The van der Waals surface area contributed by atoms with Gasteiger partial charge in [0.25, 0.3) is 5.89 Å². The normalized spacial score (nSPS) is 10.6. The molecule has 1 heterocycles. The number of hydrogen-bond donors (Lipinski definition) is 0. The van der Waals surface area contributed by atoms with Gasteiger partial charge in [0.2, 0.25) is 5.82 Å². The summed E-state index contributed by atoms with van der Waals surface area (Å²) in [5, 5.41) is 4.01. The molecule has 3 aromatic carbocycles. The number of nitrogens with zero attached hydrogens (tertiary/aromatic N) is 2. The molecule has 4 aromatic rings. The molecule has 148 valence electrons. The van der Waals surface area contributed by atoms with Crippen LogP contribution in [0.5, 0.6) is 5.75 Å². The van der Waals surface area contributed by atoms with Crippen LogP contribution < -0.4 is 4.74 Å². The van der Waals surface area contributed by atoms with E-state index in [9.17, 15) is 9.59 Å². The zero-order valence-electron chi connectivity index (χ0n) is 16.2. The third-order valence-corrected chi connectivity index (χ3v) is 4.53. The lowest BCUT2D eigenvalue weighted by Gasteiger charge is -2.04. The first kappa shape index (κ1) is 19.3. The highest BCUT2D eigenvalue weighted by molar-refractivity contribution is 5.96. The predicted molar refractivity (Wildman–Crippen MR) is 111 cm³/mol. The molecule has 0 aliphatic carbocycles. The van der Waals surface area contributed by atoms with Crippen LogP contribution in [-0.4, -0.2) is 21.9 Å². The van der Waals surface area contributed by atoms with Crippen LogP contribution in [0.3, 0.4) is 0 Å². The van der Waals surface area contributed by atoms with Crippen molar-refractivity contribution in [3.63, 3.8) is 0 Å². The van der Waals surface area contributed by atoms with Gasteiger partial charge in [0, 0.05) is 23.1 Å². The first-order chi connectivity index (χ1) is 14.6. The molecule has 4 rings (SSSR count). The molecule has 0 bridgehead atoms. The molecule has 0 saturated carbocycles. The van der Waals surface area contributed by atoms with Crippen molar-refractivity contribution in [2.75, 3.05) is 0 Å². The van der Waals surface area contributed by atoms with E-state index in [1.54, 1.807) is 72.8 Å². The molecule has 6 heteroatoms. The van der Waals surface area contributed by atoms with Gasteiger partial charge >= 0.3 is 5.97 Å². The molecular formula is C24H18N2O4. The Labute approximate surface area is 173 Å². The topological polar surface area (TPSA) is 82.3 Å². The van der Waals surface area contributed by atoms with Crippen molar-refractivity contribution in [3.8, 4) is 28.6 Å². The Morgan fingerprint density at radius 2 is 1.50 bits per heavy atom. The SMILES string of the molecule is CCC(=O)c1ccc(-c2nc(-c3ccc(OC(=O)c4ccccc4)cc3)no2)cc1. The van der Waals surface area contributed by atoms with Crippen molar-refractivity contribution in [2.24, 2.45) is 0 Å². The second-order valence-electron chi connectivity index (χ2n) is 6.56. The molecule has 0 saturated heterocycles. The van der Waals surface area contributed by atoms with Crippen LogP contribution in [0.4, 0.5) is 0 Å². The number of ether oxygens (including phenoxy) is 1. The van der Waals surface area contributed by atoms with Crippen molar-refractivity contribution < 1.29 is 18.8 Å². The van der Waals surface area contributed by atoms with Crippen molar-refractivity contribution in [1.82, 2.24) is 10.1 Å². The Bertz CT molecular complexity index is 1160. The highest BCUT2D eigenvalue weighted by atomic mass is 16.5. The van der Waals surface area contributed by atoms with Gasteiger partial charge in [-0.15, -0.1) is 0 Å². The third kappa shape index (κ3) is 4.17. The lowest BCUT2D eigenvalue weighted by atomic mass is 10.1. The van der Waals surface area contributed by atoms with Gasteiger partial charge in [-0.3, -0.25) is 4.79 Å². The molecule has 1 aromatic heterocycles. The van der Waals surface area contributed by atoms with Crippen molar-refractivity contribution >= 4 is 11.8 Å². The molecule has 0 spiro atoms. The molecule has 0 fully saturated rings. The van der Waals surface area contributed by atoms with Gasteiger partial charge < -0.3 is 9.26 Å². The second-order valence-corrected chi connectivity index (χ2v) is 6.56. The molecular weight excluding hydrogens is 380 g/mol. The number of carbonyl (C=O) groups excluding carboxylic acids is 2. The summed E-state index contributed by atoms with van der Waals surface area (Å²) in [4.78, 5) is 28.3. The molecule has 0 unspecified atom stereocenters. The van der Waals surface area contributed by atoms with Gasteiger partial charge in [-0.25, -0.2) is 4.79 Å². The molecule has 30 heavy (non-hydrogen) atoms. The van der Waals surface area contributed by atoms with E-state index < -0.39 is 5.97 Å². The number of esters is 1. The average molecular weight is 398 g/mol. The van der Waals surface area contributed by atoms with E-state index in [1.165, 1.54) is 0 Å². The Hall–Kier alpha value is -4.06. The third-order valence-electron chi connectivity index (χ3n) is 4.53. The maximum Gasteiger partial charge on any atom is 0.343 e. The summed E-state index contributed by atoms with van der Waals surface area (Å²) in [5.41, 5.74) is 2.59. The largest absolute Gasteiger partial charge is 0.423 e. The van der Waals surface area contributed by atoms with E-state index in [2.05, 4.69) is 10.1 Å². The fourth-order valence-electron chi connectivity index (χ4n) is 2.87. The predicted octanol–water partition coefficient (Wildman–Crippen LogP) is 5.22. The average Bonchev–Trinajstić information content (AvgIpc) is 3.30. The molecule has 0 radical (unpaired) electrons. The van der Waals surface area contributed by atoms with Crippen molar-refractivity contribution in [2.45, 2.75) is 13.3 Å². The Kier molecular flexibility index (Phi) is 5.48. The van der Waals surface area contributed by atoms with E-state index in [4.69, 9.17) is 9.26 Å². The van der Waals surface area contributed by atoms with Crippen molar-refractivity contribution in [3.05, 3.63) is 90.0 Å². The van der Waals surface area contributed by atoms with Crippen LogP contribution in [0, 0.1) is 0 Å². The van der Waals surface area contributed by atoms with Crippen molar-refractivity contribution in [1.29, 1.82) is 0 Å². The molecule has 0 N–H and O–H groups in total. The number of Topliss-reactive ketones (excluding diaryl/α,β-unsaturated/α-hetero) is 1. The van der Waals surface area contributed by atoms with E-state index in [0.717, 1.165) is 11.1 Å². The maximum absolute atomic E-state index is 12.1. The minimum absolute atomic E-state index is 0.0841. The van der Waals surface area contributed by atoms with Gasteiger partial charge in [-0.1, -0.05) is 42.4 Å². The minimum atomic E-state index is -0.421. The standard InChI is InChI=1S/C24H18N2O4/c1-2-21(27)16-8-10-18(11-9-16)23-25-22(26-30-23)17-12-14-20(15-13-17)29-24(28)19-6-4-3-5-7-19/h3-15H,2H2,1H3. The number of rotatable bonds is 6. The van der Waals surface area contributed by atoms with Crippen LogP contribution in [-0.2, 0) is 0 Å². The lowest BCUT2D eigenvalue weighted by molar-refractivity contribution is 0.0734. The van der Waals surface area contributed by atoms with Crippen LogP contribution >= 0.6 is 0 Å². The number of benzene rings is 3. The van der Waals surface area contributed by atoms with Crippen LogP contribution in [0.15, 0.2) is 83.4 Å². The van der Waals surface area contributed by atoms with E-state index >= 15 is 0 Å². The van der Waals surface area contributed by atoms with Gasteiger partial charge in [-0.05, 0) is 48.5 Å². The Morgan fingerprint density at radius 3 is 2.17 bits per heavy atom. The van der Waals surface area contributed by atoms with Crippen LogP contribution in [0.25, 0.3) is 22.8 Å². The van der Waals surface area contributed by atoms with E-state index in [-0.39, 0.29) is 5.78 Å². The lowest BCUT2D eigenvalue weighted by Crippen LogP contribution is -2.07.